The van der Waals surface area contributed by atoms with Gasteiger partial charge in [0, 0.05) is 45.5 Å². The molecule has 3 fully saturated rings. The quantitative estimate of drug-likeness (QED) is 0.720. The summed E-state index contributed by atoms with van der Waals surface area (Å²) in [6.45, 7) is 4.20. The molecule has 170 valence electrons. The number of hydrogen-bond acceptors (Lipinski definition) is 6. The smallest absolute Gasteiger partial charge is 0.355 e. The second kappa shape index (κ2) is 8.27. The van der Waals surface area contributed by atoms with E-state index in [4.69, 9.17) is 0 Å². The van der Waals surface area contributed by atoms with Crippen molar-refractivity contribution in [1.29, 1.82) is 0 Å². The fourth-order valence-electron chi connectivity index (χ4n) is 4.43. The van der Waals surface area contributed by atoms with Gasteiger partial charge in [-0.05, 0) is 38.4 Å². The number of aromatic nitrogens is 1. The Hall–Kier alpha value is -2.40. The molecule has 1 aromatic heterocycles. The first-order chi connectivity index (χ1) is 14.7. The molecule has 31 heavy (non-hydrogen) atoms. The van der Waals surface area contributed by atoms with Crippen molar-refractivity contribution in [2.45, 2.75) is 31.0 Å². The zero-order valence-electron chi connectivity index (χ0n) is 17.5. The van der Waals surface area contributed by atoms with Gasteiger partial charge in [-0.15, -0.1) is 0 Å². The van der Waals surface area contributed by atoms with Crippen LogP contribution < -0.4 is 10.2 Å². The Labute approximate surface area is 179 Å². The fourth-order valence-corrected chi connectivity index (χ4v) is 4.43. The van der Waals surface area contributed by atoms with Crippen molar-refractivity contribution in [2.24, 2.45) is 0 Å². The van der Waals surface area contributed by atoms with E-state index in [0.717, 1.165) is 31.8 Å². The molecular weight excluding hydrogens is 413 g/mol. The molecule has 0 unspecified atom stereocenters. The molecule has 3 aliphatic heterocycles. The van der Waals surface area contributed by atoms with E-state index in [1.165, 1.54) is 11.0 Å². The summed E-state index contributed by atoms with van der Waals surface area (Å²) >= 11 is 0. The summed E-state index contributed by atoms with van der Waals surface area (Å²) in [7, 11) is 2.00. The van der Waals surface area contributed by atoms with Crippen molar-refractivity contribution < 1.29 is 22.8 Å². The van der Waals surface area contributed by atoms with Crippen LogP contribution in [0.2, 0.25) is 0 Å². The molecule has 1 N–H and O–H groups in total. The first kappa shape index (κ1) is 21.8. The predicted octanol–water partition coefficient (Wildman–Crippen LogP) is 1.59. The van der Waals surface area contributed by atoms with Crippen LogP contribution in [0.5, 0.6) is 0 Å². The number of anilines is 1. The lowest BCUT2D eigenvalue weighted by Gasteiger charge is -2.35. The maximum atomic E-state index is 13.0. The summed E-state index contributed by atoms with van der Waals surface area (Å²) < 4.78 is 38.3. The summed E-state index contributed by atoms with van der Waals surface area (Å²) in [4.78, 5) is 37.0. The zero-order chi connectivity index (χ0) is 22.2. The number of pyridine rings is 1. The number of nitrogens with zero attached hydrogens (tertiary/aromatic N) is 5. The number of amides is 3. The Morgan fingerprint density at radius 1 is 1.06 bits per heavy atom. The van der Waals surface area contributed by atoms with E-state index >= 15 is 0 Å². The van der Waals surface area contributed by atoms with Crippen LogP contribution in [-0.4, -0.2) is 90.1 Å². The molecule has 4 heterocycles. The van der Waals surface area contributed by atoms with Crippen molar-refractivity contribution in [1.82, 2.24) is 25.0 Å². The summed E-state index contributed by atoms with van der Waals surface area (Å²) in [5, 5.41) is 2.92. The normalized spacial score (nSPS) is 23.4. The van der Waals surface area contributed by atoms with Gasteiger partial charge in [0.05, 0.1) is 12.2 Å². The second-order valence-corrected chi connectivity index (χ2v) is 8.55. The number of piperidine rings is 1. The van der Waals surface area contributed by atoms with Crippen LogP contribution in [-0.2, 0) is 11.0 Å². The van der Waals surface area contributed by atoms with Crippen molar-refractivity contribution in [3.63, 3.8) is 0 Å². The first-order valence-corrected chi connectivity index (χ1v) is 10.5. The Bertz CT molecular complexity index is 823. The molecule has 3 amide bonds. The number of rotatable bonds is 3. The van der Waals surface area contributed by atoms with E-state index in [0.29, 0.717) is 44.8 Å². The van der Waals surface area contributed by atoms with Gasteiger partial charge < -0.3 is 15.1 Å². The maximum Gasteiger partial charge on any atom is 0.417 e. The molecule has 0 aliphatic carbocycles. The van der Waals surface area contributed by atoms with Gasteiger partial charge in [0.1, 0.15) is 11.4 Å². The molecule has 3 saturated heterocycles. The third-order valence-electron chi connectivity index (χ3n) is 6.42. The number of nitrogens with one attached hydrogen (secondary N) is 1. The van der Waals surface area contributed by atoms with Gasteiger partial charge in [-0.25, -0.2) is 14.7 Å². The number of imide groups is 1. The molecule has 3 aliphatic rings. The molecule has 0 saturated carbocycles. The SMILES string of the molecule is CN1CCC2(CC1)NC(=O)N(CN1CCCN(c3ccc(C(F)(F)F)cn3)CC1)C2=O. The third-order valence-corrected chi connectivity index (χ3v) is 6.42. The Balaban J connectivity index is 1.36. The van der Waals surface area contributed by atoms with Gasteiger partial charge in [0.25, 0.3) is 5.91 Å². The minimum absolute atomic E-state index is 0.156. The lowest BCUT2D eigenvalue weighted by Crippen LogP contribution is -2.54. The number of urea groups is 1. The standard InChI is InChI=1S/C20H27F3N6O2/c1-26-9-5-19(6-10-26)17(30)29(18(31)25-19)14-27-7-2-8-28(12-11-27)16-4-3-15(13-24-16)20(21,22)23/h3-4,13H,2,5-12,14H2,1H3,(H,25,31). The van der Waals surface area contributed by atoms with Gasteiger partial charge in [0.2, 0.25) is 0 Å². The van der Waals surface area contributed by atoms with Gasteiger partial charge in [0.15, 0.2) is 0 Å². The van der Waals surface area contributed by atoms with Crippen molar-refractivity contribution in [3.8, 4) is 0 Å². The average molecular weight is 440 g/mol. The number of carbonyl (C=O) groups is 2. The molecule has 11 heteroatoms. The predicted molar refractivity (Wildman–Crippen MR) is 107 cm³/mol. The van der Waals surface area contributed by atoms with E-state index in [-0.39, 0.29) is 18.6 Å². The minimum atomic E-state index is -4.41. The molecule has 0 radical (unpaired) electrons. The second-order valence-electron chi connectivity index (χ2n) is 8.55. The topological polar surface area (TPSA) is 72.0 Å². The highest BCUT2D eigenvalue weighted by molar-refractivity contribution is 6.07. The molecule has 1 spiro atoms. The van der Waals surface area contributed by atoms with E-state index in [1.54, 1.807) is 0 Å². The minimum Gasteiger partial charge on any atom is -0.355 e. The van der Waals surface area contributed by atoms with Gasteiger partial charge >= 0.3 is 12.2 Å². The van der Waals surface area contributed by atoms with Crippen LogP contribution in [0.15, 0.2) is 18.3 Å². The Morgan fingerprint density at radius 3 is 2.45 bits per heavy atom. The van der Waals surface area contributed by atoms with Crippen LogP contribution in [0.1, 0.15) is 24.8 Å². The van der Waals surface area contributed by atoms with Crippen LogP contribution in [0, 0.1) is 0 Å². The van der Waals surface area contributed by atoms with E-state index in [2.05, 4.69) is 15.2 Å². The number of halogens is 3. The van der Waals surface area contributed by atoms with Crippen LogP contribution in [0.25, 0.3) is 0 Å². The highest BCUT2D eigenvalue weighted by Gasteiger charge is 2.52. The molecule has 0 aromatic carbocycles. The van der Waals surface area contributed by atoms with E-state index in [9.17, 15) is 22.8 Å². The number of carbonyl (C=O) groups excluding carboxylic acids is 2. The van der Waals surface area contributed by atoms with Crippen molar-refractivity contribution in [3.05, 3.63) is 23.9 Å². The highest BCUT2D eigenvalue weighted by Crippen LogP contribution is 2.30. The summed E-state index contributed by atoms with van der Waals surface area (Å²) in [6, 6.07) is 2.08. The number of hydrogen-bond donors (Lipinski definition) is 1. The van der Waals surface area contributed by atoms with Crippen LogP contribution in [0.3, 0.4) is 0 Å². The molecule has 4 rings (SSSR count). The number of alkyl halides is 3. The monoisotopic (exact) mass is 440 g/mol. The lowest BCUT2D eigenvalue weighted by atomic mass is 9.88. The van der Waals surface area contributed by atoms with Gasteiger partial charge in [-0.3, -0.25) is 9.69 Å². The Morgan fingerprint density at radius 2 is 1.81 bits per heavy atom. The average Bonchev–Trinajstić information content (AvgIpc) is 2.89. The molecule has 8 nitrogen and oxygen atoms in total. The number of likely N-dealkylation sites (tertiary alicyclic amines) is 1. The van der Waals surface area contributed by atoms with Gasteiger partial charge in [-0.1, -0.05) is 0 Å². The lowest BCUT2D eigenvalue weighted by molar-refractivity contribution is -0.138. The molecule has 0 atom stereocenters. The van der Waals surface area contributed by atoms with Gasteiger partial charge in [-0.2, -0.15) is 13.2 Å². The summed E-state index contributed by atoms with van der Waals surface area (Å²) in [5.74, 6) is 0.339. The first-order valence-electron chi connectivity index (χ1n) is 10.5. The zero-order valence-corrected chi connectivity index (χ0v) is 17.5. The van der Waals surface area contributed by atoms with Crippen LogP contribution in [0.4, 0.5) is 23.8 Å². The summed E-state index contributed by atoms with van der Waals surface area (Å²) in [5.41, 5.74) is -1.56. The van der Waals surface area contributed by atoms with Crippen molar-refractivity contribution >= 4 is 17.8 Å². The molecular formula is C20H27F3N6O2. The van der Waals surface area contributed by atoms with Crippen LogP contribution >= 0.6 is 0 Å². The third kappa shape index (κ3) is 4.47. The maximum absolute atomic E-state index is 13.0. The molecule has 0 bridgehead atoms. The highest BCUT2D eigenvalue weighted by atomic mass is 19.4. The van der Waals surface area contributed by atoms with Crippen molar-refractivity contribution in [2.75, 3.05) is 57.9 Å². The van der Waals surface area contributed by atoms with E-state index < -0.39 is 17.3 Å². The summed E-state index contributed by atoms with van der Waals surface area (Å²) in [6.07, 6.45) is -1.58. The largest absolute Gasteiger partial charge is 0.417 e. The molecule has 1 aromatic rings. The Kier molecular flexibility index (Phi) is 5.82. The fraction of sp³-hybridized carbons (Fsp3) is 0.650. The van der Waals surface area contributed by atoms with E-state index in [1.807, 2.05) is 16.8 Å².